The molecule has 5 heteroatoms. The fraction of sp³-hybridized carbons (Fsp3) is 0. The number of hydrogen-bond donors (Lipinski definition) is 1. The molecule has 0 heterocycles. The lowest BCUT2D eigenvalue weighted by Gasteiger charge is -1.62. The van der Waals surface area contributed by atoms with Crippen molar-refractivity contribution in [2.45, 2.75) is 0 Å². The molecule has 0 aromatic rings. The highest BCUT2D eigenvalue weighted by atomic mass is 28.3. The number of hydrogen-bond acceptors (Lipinski definition) is 3. The number of rotatable bonds is 0. The zero-order valence-electron chi connectivity index (χ0n) is 4.01. The predicted octanol–water partition coefficient (Wildman–Crippen LogP) is -2.36. The van der Waals surface area contributed by atoms with E-state index in [2.05, 4.69) is 16.0 Å². The van der Waals surface area contributed by atoms with Gasteiger partial charge in [-0.2, -0.15) is 0 Å². The number of oxime groups is 1. The molecule has 0 aliphatic carbocycles. The van der Waals surface area contributed by atoms with E-state index in [0.29, 0.717) is 0 Å². The van der Waals surface area contributed by atoms with Gasteiger partial charge in [-0.05, 0) is 0 Å². The van der Waals surface area contributed by atoms with Crippen molar-refractivity contribution in [3.8, 4) is 0 Å². The van der Waals surface area contributed by atoms with Gasteiger partial charge in [-0.25, -0.2) is 0 Å². The molecule has 0 saturated carbocycles. The van der Waals surface area contributed by atoms with Crippen molar-refractivity contribution in [2.24, 2.45) is 5.16 Å². The van der Waals surface area contributed by atoms with Crippen LogP contribution in [0.3, 0.4) is 0 Å². The highest BCUT2D eigenvalue weighted by Crippen LogP contribution is 1.20. The van der Waals surface area contributed by atoms with Gasteiger partial charge < -0.3 is 9.32 Å². The van der Waals surface area contributed by atoms with Crippen molar-refractivity contribution in [1.82, 2.24) is 0 Å². The molecule has 0 atom stereocenters. The van der Waals surface area contributed by atoms with Gasteiger partial charge in [0.25, 0.3) is 0 Å². The molecule has 38 valence electrons. The Hall–Kier alpha value is -0.136. The summed E-state index contributed by atoms with van der Waals surface area (Å²) >= 11 is 0. The Morgan fingerprint density at radius 3 is 1.67 bits per heavy atom. The van der Waals surface area contributed by atoms with E-state index in [4.69, 9.17) is 5.21 Å². The zero-order valence-corrected chi connectivity index (χ0v) is 8.01. The third kappa shape index (κ3) is 1710. The molecule has 0 fully saturated rings. The molecule has 0 amide bonds. The minimum absolute atomic E-state index is 0.931. The lowest BCUT2D eigenvalue weighted by molar-refractivity contribution is 0.323. The maximum absolute atomic E-state index is 7.08. The third-order valence-electron chi connectivity index (χ3n) is 0. The summed E-state index contributed by atoms with van der Waals surface area (Å²) in [6.07, 6.45) is 0. The van der Waals surface area contributed by atoms with Gasteiger partial charge in [0, 0.05) is 6.72 Å². The monoisotopic (exact) mass is 123 g/mol. The van der Waals surface area contributed by atoms with Crippen LogP contribution in [0.1, 0.15) is 0 Å². The molecule has 1 N–H and O–H groups in total. The molecule has 0 aromatic heterocycles. The molecule has 0 aromatic carbocycles. The van der Waals surface area contributed by atoms with E-state index in [9.17, 15) is 0 Å². The fourth-order valence-electron chi connectivity index (χ4n) is 0. The van der Waals surface area contributed by atoms with Gasteiger partial charge in [0.15, 0.2) is 0 Å². The lowest BCUT2D eigenvalue weighted by atomic mass is 11.8. The summed E-state index contributed by atoms with van der Waals surface area (Å²) in [4.78, 5) is 0. The van der Waals surface area contributed by atoms with E-state index < -0.39 is 0 Å². The second-order valence-corrected chi connectivity index (χ2v) is 3.82. The SMILES string of the molecule is C=NO.[SiH3]O[SiH3]. The van der Waals surface area contributed by atoms with Crippen LogP contribution < -0.4 is 0 Å². The second kappa shape index (κ2) is 20.9. The molecule has 6 heavy (non-hydrogen) atoms. The van der Waals surface area contributed by atoms with Crippen molar-refractivity contribution in [3.63, 3.8) is 0 Å². The first kappa shape index (κ1) is 9.29. The van der Waals surface area contributed by atoms with Gasteiger partial charge in [-0.15, -0.1) is 5.16 Å². The van der Waals surface area contributed by atoms with Crippen LogP contribution in [0, 0.1) is 0 Å². The highest BCUT2D eigenvalue weighted by Gasteiger charge is 1.28. The van der Waals surface area contributed by atoms with Crippen LogP contribution in [0.25, 0.3) is 0 Å². The van der Waals surface area contributed by atoms with Crippen molar-refractivity contribution >= 4 is 27.7 Å². The zero-order chi connectivity index (χ0) is 5.41. The summed E-state index contributed by atoms with van der Waals surface area (Å²) in [6.45, 7) is 2.67. The highest BCUT2D eigenvalue weighted by molar-refractivity contribution is 6.15. The van der Waals surface area contributed by atoms with Gasteiger partial charge in [-0.1, -0.05) is 0 Å². The molecule has 3 nitrogen and oxygen atoms in total. The second-order valence-electron chi connectivity index (χ2n) is 0.550. The average molecular weight is 123 g/mol. The molecule has 0 radical (unpaired) electrons. The third-order valence-corrected chi connectivity index (χ3v) is 0. The quantitative estimate of drug-likeness (QED) is 0.169. The minimum Gasteiger partial charge on any atom is -0.471 e. The van der Waals surface area contributed by atoms with Crippen LogP contribution in [0.2, 0.25) is 0 Å². The molecule has 0 unspecified atom stereocenters. The van der Waals surface area contributed by atoms with Gasteiger partial charge in [0.05, 0.1) is 0 Å². The topological polar surface area (TPSA) is 41.8 Å². The van der Waals surface area contributed by atoms with E-state index in [1.54, 1.807) is 0 Å². The van der Waals surface area contributed by atoms with Crippen LogP contribution in [-0.2, 0) is 4.12 Å². The predicted molar refractivity (Wildman–Crippen MR) is 32.3 cm³/mol. The molecular weight excluding hydrogens is 114 g/mol. The van der Waals surface area contributed by atoms with E-state index in [0.717, 1.165) is 21.0 Å². The van der Waals surface area contributed by atoms with Crippen molar-refractivity contribution < 1.29 is 9.32 Å². The first-order valence-corrected chi connectivity index (χ1v) is 2.97. The van der Waals surface area contributed by atoms with Crippen molar-refractivity contribution in [3.05, 3.63) is 0 Å². The number of nitrogens with zero attached hydrogens (tertiary/aromatic N) is 1. The van der Waals surface area contributed by atoms with Gasteiger partial charge >= 0.3 is 0 Å². The molecule has 0 saturated heterocycles. The van der Waals surface area contributed by atoms with E-state index >= 15 is 0 Å². The first-order chi connectivity index (χ1) is 2.83. The molecule has 0 spiro atoms. The van der Waals surface area contributed by atoms with Crippen molar-refractivity contribution in [1.29, 1.82) is 0 Å². The average Bonchev–Trinajstić information content (AvgIpc) is 1.39. The van der Waals surface area contributed by atoms with E-state index in [1.807, 2.05) is 0 Å². The maximum Gasteiger partial charge on any atom is 0.129 e. The smallest absolute Gasteiger partial charge is 0.129 e. The minimum atomic E-state index is 0.931. The van der Waals surface area contributed by atoms with Crippen LogP contribution in [-0.4, -0.2) is 32.9 Å². The molecule has 0 rings (SSSR count). The molecular formula is CH9NO2Si2. The lowest BCUT2D eigenvalue weighted by Crippen LogP contribution is -1.65. The fourth-order valence-corrected chi connectivity index (χ4v) is 0. The Morgan fingerprint density at radius 1 is 1.67 bits per heavy atom. The summed E-state index contributed by atoms with van der Waals surface area (Å²) in [5.74, 6) is 0. The standard InChI is InChI=1S/CH3NO.H6OSi2/c1-2-3;2-1-3/h3H,1H2;2-3H3. The van der Waals surface area contributed by atoms with E-state index in [1.165, 1.54) is 0 Å². The van der Waals surface area contributed by atoms with Crippen LogP contribution in [0.5, 0.6) is 0 Å². The Bertz CT molecular complexity index is 25.5. The Kier molecular flexibility index (Phi) is 32.4. The molecule has 0 bridgehead atoms. The summed E-state index contributed by atoms with van der Waals surface area (Å²) in [6, 6.07) is 0. The van der Waals surface area contributed by atoms with Gasteiger partial charge in [0.1, 0.15) is 21.0 Å². The van der Waals surface area contributed by atoms with Gasteiger partial charge in [-0.3, -0.25) is 0 Å². The largest absolute Gasteiger partial charge is 0.471 e. The Labute approximate surface area is 43.1 Å². The maximum atomic E-state index is 7.08. The van der Waals surface area contributed by atoms with E-state index in [-0.39, 0.29) is 0 Å². The van der Waals surface area contributed by atoms with Crippen LogP contribution in [0.4, 0.5) is 0 Å². The van der Waals surface area contributed by atoms with Crippen LogP contribution in [0.15, 0.2) is 5.16 Å². The molecule has 0 aliphatic rings. The first-order valence-electron chi connectivity index (χ1n) is 1.33. The summed E-state index contributed by atoms with van der Waals surface area (Å²) in [5, 5.41) is 9.33. The van der Waals surface area contributed by atoms with Crippen molar-refractivity contribution in [2.75, 3.05) is 0 Å². The Morgan fingerprint density at radius 2 is 1.67 bits per heavy atom. The molecule has 0 aliphatic heterocycles. The normalized spacial score (nSPS) is 6.00. The van der Waals surface area contributed by atoms with Crippen LogP contribution >= 0.6 is 0 Å². The summed E-state index contributed by atoms with van der Waals surface area (Å²) in [5.41, 5.74) is 0. The summed E-state index contributed by atoms with van der Waals surface area (Å²) in [7, 11) is 1.86. The van der Waals surface area contributed by atoms with Gasteiger partial charge in [0.2, 0.25) is 0 Å². The Balaban J connectivity index is 0. The summed E-state index contributed by atoms with van der Waals surface area (Å²) < 4.78 is 4.53.